The van der Waals surface area contributed by atoms with Gasteiger partial charge in [0.1, 0.15) is 0 Å². The van der Waals surface area contributed by atoms with Crippen LogP contribution in [0, 0.1) is 0 Å². The number of sulfonamides is 1. The fourth-order valence-electron chi connectivity index (χ4n) is 2.41. The highest BCUT2D eigenvalue weighted by Gasteiger charge is 2.30. The number of halogens is 3. The van der Waals surface area contributed by atoms with Gasteiger partial charge in [-0.1, -0.05) is 17.8 Å². The molecule has 0 unspecified atom stereocenters. The summed E-state index contributed by atoms with van der Waals surface area (Å²) in [6, 6.07) is 10.6. The van der Waals surface area contributed by atoms with Gasteiger partial charge < -0.3 is 9.73 Å². The molecule has 0 aliphatic heterocycles. The molecule has 0 bridgehead atoms. The van der Waals surface area contributed by atoms with Crippen LogP contribution in [-0.2, 0) is 21.0 Å². The molecule has 1 heterocycles. The minimum atomic E-state index is -4.51. The summed E-state index contributed by atoms with van der Waals surface area (Å²) in [5, 5.41) is 10.2. The van der Waals surface area contributed by atoms with Gasteiger partial charge in [-0.25, -0.2) is 8.42 Å². The van der Waals surface area contributed by atoms with Gasteiger partial charge in [0, 0.05) is 16.9 Å². The number of carbonyl (C=O) groups excluding carboxylic acids is 1. The monoisotopic (exact) mass is 486 g/mol. The largest absolute Gasteiger partial charge is 0.416 e. The van der Waals surface area contributed by atoms with Crippen molar-refractivity contribution >= 4 is 39.1 Å². The van der Waals surface area contributed by atoms with Gasteiger partial charge in [0.2, 0.25) is 21.8 Å². The average molecular weight is 486 g/mol. The summed E-state index contributed by atoms with van der Waals surface area (Å²) in [5.74, 6) is -0.590. The zero-order valence-corrected chi connectivity index (χ0v) is 18.1. The number of amides is 1. The second kappa shape index (κ2) is 9.61. The first-order valence-electron chi connectivity index (χ1n) is 9.10. The van der Waals surface area contributed by atoms with Crippen molar-refractivity contribution in [2.24, 2.45) is 0 Å². The van der Waals surface area contributed by atoms with E-state index in [4.69, 9.17) is 4.42 Å². The minimum absolute atomic E-state index is 0.0235. The lowest BCUT2D eigenvalue weighted by atomic mass is 10.2. The van der Waals surface area contributed by atoms with Crippen molar-refractivity contribution < 1.29 is 30.8 Å². The van der Waals surface area contributed by atoms with E-state index in [-0.39, 0.29) is 28.3 Å². The van der Waals surface area contributed by atoms with Gasteiger partial charge in [0.25, 0.3) is 5.22 Å². The standard InChI is InChI=1S/C19H17F3N4O4S2/c1-2-32(28,29)26-14-8-6-12(7-9-14)17-24-25-18(30-17)31-11-16(27)23-15-5-3-4-13(10-15)19(20,21)22/h3-10,26H,2,11H2,1H3,(H,23,27). The summed E-state index contributed by atoms with van der Waals surface area (Å²) in [6.45, 7) is 1.52. The smallest absolute Gasteiger partial charge is 0.411 e. The van der Waals surface area contributed by atoms with E-state index in [1.54, 1.807) is 24.3 Å². The molecule has 13 heteroatoms. The molecule has 0 spiro atoms. The van der Waals surface area contributed by atoms with Crippen molar-refractivity contribution in [3.63, 3.8) is 0 Å². The molecule has 0 radical (unpaired) electrons. The molecule has 0 saturated carbocycles. The van der Waals surface area contributed by atoms with Crippen LogP contribution in [0.1, 0.15) is 12.5 Å². The summed E-state index contributed by atoms with van der Waals surface area (Å²) in [4.78, 5) is 12.0. The van der Waals surface area contributed by atoms with Gasteiger partial charge in [-0.3, -0.25) is 9.52 Å². The Labute approximate surface area is 185 Å². The van der Waals surface area contributed by atoms with Crippen LogP contribution in [0.2, 0.25) is 0 Å². The van der Waals surface area contributed by atoms with Crippen molar-refractivity contribution in [3.8, 4) is 11.5 Å². The third kappa shape index (κ3) is 6.47. The maximum Gasteiger partial charge on any atom is 0.416 e. The minimum Gasteiger partial charge on any atom is -0.411 e. The molecular formula is C19H17F3N4O4S2. The number of carbonyl (C=O) groups is 1. The zero-order valence-electron chi connectivity index (χ0n) is 16.5. The first-order chi connectivity index (χ1) is 15.1. The van der Waals surface area contributed by atoms with Crippen LogP contribution in [0.3, 0.4) is 0 Å². The second-order valence-corrected chi connectivity index (χ2v) is 9.31. The molecule has 3 rings (SSSR count). The van der Waals surface area contributed by atoms with E-state index >= 15 is 0 Å². The Hall–Kier alpha value is -3.06. The quantitative estimate of drug-likeness (QED) is 0.458. The van der Waals surface area contributed by atoms with E-state index < -0.39 is 27.7 Å². The topological polar surface area (TPSA) is 114 Å². The number of aromatic nitrogens is 2. The number of nitrogens with zero attached hydrogens (tertiary/aromatic N) is 2. The Morgan fingerprint density at radius 2 is 1.81 bits per heavy atom. The fourth-order valence-corrected chi connectivity index (χ4v) is 3.62. The van der Waals surface area contributed by atoms with Crippen LogP contribution >= 0.6 is 11.8 Å². The summed E-state index contributed by atoms with van der Waals surface area (Å²) >= 11 is 0.921. The Morgan fingerprint density at radius 3 is 2.47 bits per heavy atom. The lowest BCUT2D eigenvalue weighted by molar-refractivity contribution is -0.137. The normalized spacial score (nSPS) is 11.9. The molecule has 2 N–H and O–H groups in total. The van der Waals surface area contributed by atoms with Gasteiger partial charge in [-0.15, -0.1) is 10.2 Å². The summed E-state index contributed by atoms with van der Waals surface area (Å²) in [6.07, 6.45) is -4.51. The van der Waals surface area contributed by atoms with Gasteiger partial charge >= 0.3 is 6.18 Å². The van der Waals surface area contributed by atoms with E-state index in [0.29, 0.717) is 11.3 Å². The molecular weight excluding hydrogens is 469 g/mol. The number of thioether (sulfide) groups is 1. The van der Waals surface area contributed by atoms with Gasteiger partial charge in [0.05, 0.1) is 17.1 Å². The predicted octanol–water partition coefficient (Wildman–Crippen LogP) is 4.25. The number of anilines is 2. The predicted molar refractivity (Wildman–Crippen MR) is 114 cm³/mol. The molecule has 0 saturated heterocycles. The molecule has 1 amide bonds. The summed E-state index contributed by atoms with van der Waals surface area (Å²) in [7, 11) is -3.39. The molecule has 0 fully saturated rings. The average Bonchev–Trinajstić information content (AvgIpc) is 3.21. The molecule has 2 aromatic carbocycles. The number of alkyl halides is 3. The molecule has 0 aliphatic carbocycles. The maximum absolute atomic E-state index is 12.8. The molecule has 0 atom stereocenters. The van der Waals surface area contributed by atoms with Crippen LogP contribution in [0.25, 0.3) is 11.5 Å². The van der Waals surface area contributed by atoms with Crippen molar-refractivity contribution in [2.45, 2.75) is 18.3 Å². The number of hydrogen-bond acceptors (Lipinski definition) is 7. The Morgan fingerprint density at radius 1 is 1.09 bits per heavy atom. The van der Waals surface area contributed by atoms with Crippen molar-refractivity contribution in [3.05, 3.63) is 54.1 Å². The highest BCUT2D eigenvalue weighted by Crippen LogP contribution is 2.31. The molecule has 0 aliphatic rings. The van der Waals surface area contributed by atoms with Crippen molar-refractivity contribution in [1.82, 2.24) is 10.2 Å². The summed E-state index contributed by atoms with van der Waals surface area (Å²) < 4.78 is 69.3. The third-order valence-corrected chi connectivity index (χ3v) is 6.12. The lowest BCUT2D eigenvalue weighted by Gasteiger charge is -2.09. The third-order valence-electron chi connectivity index (χ3n) is 3.99. The number of hydrogen-bond donors (Lipinski definition) is 2. The lowest BCUT2D eigenvalue weighted by Crippen LogP contribution is -2.15. The van der Waals surface area contributed by atoms with Gasteiger partial charge in [-0.2, -0.15) is 13.2 Å². The fraction of sp³-hybridized carbons (Fsp3) is 0.211. The van der Waals surface area contributed by atoms with Gasteiger partial charge in [0.15, 0.2) is 0 Å². The number of nitrogens with one attached hydrogen (secondary N) is 2. The van der Waals surface area contributed by atoms with E-state index in [2.05, 4.69) is 20.2 Å². The molecule has 8 nitrogen and oxygen atoms in total. The Bertz CT molecular complexity index is 1200. The maximum atomic E-state index is 12.8. The van der Waals surface area contributed by atoms with E-state index in [1.165, 1.54) is 19.1 Å². The Balaban J connectivity index is 1.57. The van der Waals surface area contributed by atoms with Crippen LogP contribution in [0.5, 0.6) is 0 Å². The number of benzene rings is 2. The van der Waals surface area contributed by atoms with Crippen LogP contribution in [0.15, 0.2) is 58.2 Å². The molecule has 3 aromatic rings. The van der Waals surface area contributed by atoms with E-state index in [1.807, 2.05) is 0 Å². The first-order valence-corrected chi connectivity index (χ1v) is 11.7. The van der Waals surface area contributed by atoms with Crippen molar-refractivity contribution in [2.75, 3.05) is 21.5 Å². The second-order valence-electron chi connectivity index (χ2n) is 6.37. The van der Waals surface area contributed by atoms with Crippen LogP contribution in [-0.4, -0.2) is 36.0 Å². The van der Waals surface area contributed by atoms with E-state index in [9.17, 15) is 26.4 Å². The first kappa shape index (κ1) is 23.6. The van der Waals surface area contributed by atoms with Crippen molar-refractivity contribution in [1.29, 1.82) is 0 Å². The number of rotatable bonds is 8. The van der Waals surface area contributed by atoms with E-state index in [0.717, 1.165) is 23.9 Å². The molecule has 170 valence electrons. The molecule has 1 aromatic heterocycles. The zero-order chi connectivity index (χ0) is 23.4. The highest BCUT2D eigenvalue weighted by molar-refractivity contribution is 7.99. The SMILES string of the molecule is CCS(=O)(=O)Nc1ccc(-c2nnc(SCC(=O)Nc3cccc(C(F)(F)F)c3)o2)cc1. The van der Waals surface area contributed by atoms with Crippen LogP contribution < -0.4 is 10.0 Å². The van der Waals surface area contributed by atoms with Crippen LogP contribution in [0.4, 0.5) is 24.5 Å². The summed E-state index contributed by atoms with van der Waals surface area (Å²) in [5.41, 5.74) is 0.0848. The van der Waals surface area contributed by atoms with Gasteiger partial charge in [-0.05, 0) is 49.4 Å². The Kier molecular flexibility index (Phi) is 7.09. The highest BCUT2D eigenvalue weighted by atomic mass is 32.2. The molecule has 32 heavy (non-hydrogen) atoms.